The highest BCUT2D eigenvalue weighted by atomic mass is 16.5. The van der Waals surface area contributed by atoms with E-state index in [4.69, 9.17) is 4.74 Å². The first-order valence-corrected chi connectivity index (χ1v) is 11.8. The molecule has 156 valence electrons. The van der Waals surface area contributed by atoms with Crippen molar-refractivity contribution in [1.82, 2.24) is 0 Å². The highest BCUT2D eigenvalue weighted by Crippen LogP contribution is 2.33. The van der Waals surface area contributed by atoms with Crippen LogP contribution in [0.2, 0.25) is 0 Å². The van der Waals surface area contributed by atoms with Crippen LogP contribution in [0.15, 0.2) is 54.6 Å². The van der Waals surface area contributed by atoms with Crippen LogP contribution in [0.25, 0.3) is 16.7 Å². The minimum absolute atomic E-state index is 0.825. The molecule has 0 heterocycles. The van der Waals surface area contributed by atoms with Gasteiger partial charge in [-0.15, -0.1) is 0 Å². The van der Waals surface area contributed by atoms with Crippen LogP contribution in [0.5, 0.6) is 5.75 Å². The van der Waals surface area contributed by atoms with E-state index in [9.17, 15) is 0 Å². The van der Waals surface area contributed by atoms with Crippen molar-refractivity contribution in [1.29, 1.82) is 0 Å². The van der Waals surface area contributed by atoms with E-state index in [1.165, 1.54) is 80.1 Å². The van der Waals surface area contributed by atoms with Gasteiger partial charge in [-0.2, -0.15) is 0 Å². The summed E-state index contributed by atoms with van der Waals surface area (Å²) in [5.74, 6) is 1.88. The molecule has 0 radical (unpaired) electrons. The smallest absolute Gasteiger partial charge is 0.119 e. The van der Waals surface area contributed by atoms with Crippen molar-refractivity contribution in [2.75, 3.05) is 6.61 Å². The highest BCUT2D eigenvalue weighted by Gasteiger charge is 2.14. The molecule has 0 aromatic heterocycles. The Labute approximate surface area is 178 Å². The summed E-state index contributed by atoms with van der Waals surface area (Å²) < 4.78 is 5.89. The van der Waals surface area contributed by atoms with Gasteiger partial charge < -0.3 is 4.74 Å². The van der Waals surface area contributed by atoms with Gasteiger partial charge in [0.05, 0.1) is 6.61 Å². The van der Waals surface area contributed by atoms with Gasteiger partial charge in [-0.1, -0.05) is 94.8 Å². The molecule has 1 atom stereocenters. The van der Waals surface area contributed by atoms with Crippen molar-refractivity contribution >= 4 is 5.57 Å². The van der Waals surface area contributed by atoms with Gasteiger partial charge >= 0.3 is 0 Å². The number of allylic oxidation sites excluding steroid dienone is 2. The van der Waals surface area contributed by atoms with E-state index in [1.54, 1.807) is 0 Å². The maximum absolute atomic E-state index is 5.89. The zero-order valence-corrected chi connectivity index (χ0v) is 18.5. The Kier molecular flexibility index (Phi) is 8.86. The van der Waals surface area contributed by atoms with Crippen molar-refractivity contribution < 1.29 is 4.74 Å². The first kappa shape index (κ1) is 21.7. The predicted octanol–water partition coefficient (Wildman–Crippen LogP) is 8.69. The van der Waals surface area contributed by atoms with E-state index < -0.39 is 0 Å². The first-order valence-electron chi connectivity index (χ1n) is 11.8. The van der Waals surface area contributed by atoms with Crippen LogP contribution in [-0.4, -0.2) is 6.61 Å². The molecule has 0 N–H and O–H groups in total. The molecule has 0 saturated carbocycles. The minimum Gasteiger partial charge on any atom is -0.494 e. The number of ether oxygens (including phenoxy) is 1. The molecule has 0 amide bonds. The third kappa shape index (κ3) is 6.77. The van der Waals surface area contributed by atoms with Gasteiger partial charge in [0.2, 0.25) is 0 Å². The number of unbranched alkanes of at least 4 members (excludes halogenated alkanes) is 4. The second-order valence-corrected chi connectivity index (χ2v) is 8.52. The average Bonchev–Trinajstić information content (AvgIpc) is 2.78. The summed E-state index contributed by atoms with van der Waals surface area (Å²) in [4.78, 5) is 0. The molecule has 0 spiro atoms. The van der Waals surface area contributed by atoms with Gasteiger partial charge in [0.25, 0.3) is 0 Å². The van der Waals surface area contributed by atoms with Crippen molar-refractivity contribution in [3.63, 3.8) is 0 Å². The van der Waals surface area contributed by atoms with Crippen molar-refractivity contribution in [3.05, 3.63) is 60.2 Å². The SMILES string of the molecule is CCCCCCCOc1ccc(-c2ccc(C3=CCC(CCC)CC3)cc2)cc1. The maximum atomic E-state index is 5.89. The Morgan fingerprint density at radius 2 is 1.41 bits per heavy atom. The topological polar surface area (TPSA) is 9.23 Å². The molecular formula is C28H38O. The maximum Gasteiger partial charge on any atom is 0.119 e. The lowest BCUT2D eigenvalue weighted by Crippen LogP contribution is -2.04. The molecule has 0 aliphatic heterocycles. The monoisotopic (exact) mass is 390 g/mol. The van der Waals surface area contributed by atoms with E-state index in [0.29, 0.717) is 0 Å². The fourth-order valence-corrected chi connectivity index (χ4v) is 4.34. The molecule has 0 fully saturated rings. The standard InChI is InChI=1S/C28H38O/c1-3-5-6-7-8-22-29-28-20-18-27(19-21-28)26-16-14-25(15-17-26)24-12-10-23(9-4-2)11-13-24/h12,14-21,23H,3-11,13,22H2,1-2H3. The molecule has 1 aliphatic carbocycles. The van der Waals surface area contributed by atoms with E-state index in [0.717, 1.165) is 24.7 Å². The molecule has 0 saturated heterocycles. The van der Waals surface area contributed by atoms with Gasteiger partial charge in [-0.25, -0.2) is 0 Å². The Morgan fingerprint density at radius 3 is 2.03 bits per heavy atom. The van der Waals surface area contributed by atoms with Crippen LogP contribution in [0.1, 0.15) is 83.6 Å². The average molecular weight is 391 g/mol. The Bertz CT molecular complexity index is 739. The van der Waals surface area contributed by atoms with Gasteiger partial charge in [0, 0.05) is 0 Å². The van der Waals surface area contributed by atoms with Crippen molar-refractivity contribution in [2.45, 2.75) is 78.1 Å². The fraction of sp³-hybridized carbons (Fsp3) is 0.500. The van der Waals surface area contributed by atoms with Gasteiger partial charge in [-0.3, -0.25) is 0 Å². The van der Waals surface area contributed by atoms with Crippen LogP contribution >= 0.6 is 0 Å². The van der Waals surface area contributed by atoms with Crippen LogP contribution in [0.3, 0.4) is 0 Å². The summed E-state index contributed by atoms with van der Waals surface area (Å²) >= 11 is 0. The lowest BCUT2D eigenvalue weighted by atomic mass is 9.84. The molecule has 1 heteroatoms. The molecule has 0 bridgehead atoms. The second kappa shape index (κ2) is 11.9. The lowest BCUT2D eigenvalue weighted by molar-refractivity contribution is 0.304. The molecule has 3 rings (SSSR count). The summed E-state index contributed by atoms with van der Waals surface area (Å²) in [5.41, 5.74) is 5.46. The highest BCUT2D eigenvalue weighted by molar-refractivity contribution is 5.71. The summed E-state index contributed by atoms with van der Waals surface area (Å²) in [6.45, 7) is 5.37. The predicted molar refractivity (Wildman–Crippen MR) is 126 cm³/mol. The molecule has 1 nitrogen and oxygen atoms in total. The normalized spacial score (nSPS) is 16.5. The van der Waals surface area contributed by atoms with Crippen LogP contribution < -0.4 is 4.74 Å². The third-order valence-corrected chi connectivity index (χ3v) is 6.18. The van der Waals surface area contributed by atoms with Gasteiger partial charge in [-0.05, 0) is 66.0 Å². The number of benzene rings is 2. The van der Waals surface area contributed by atoms with Crippen molar-refractivity contribution in [2.24, 2.45) is 5.92 Å². The lowest BCUT2D eigenvalue weighted by Gasteiger charge is -2.21. The number of rotatable bonds is 11. The molecule has 2 aromatic rings. The molecule has 2 aromatic carbocycles. The van der Waals surface area contributed by atoms with E-state index >= 15 is 0 Å². The van der Waals surface area contributed by atoms with Crippen LogP contribution in [-0.2, 0) is 0 Å². The summed E-state index contributed by atoms with van der Waals surface area (Å²) in [5, 5.41) is 0. The minimum atomic E-state index is 0.825. The van der Waals surface area contributed by atoms with Crippen LogP contribution in [0.4, 0.5) is 0 Å². The second-order valence-electron chi connectivity index (χ2n) is 8.52. The van der Waals surface area contributed by atoms with Gasteiger partial charge in [0.15, 0.2) is 0 Å². The van der Waals surface area contributed by atoms with Crippen molar-refractivity contribution in [3.8, 4) is 16.9 Å². The Hall–Kier alpha value is -2.02. The zero-order chi connectivity index (χ0) is 20.3. The van der Waals surface area contributed by atoms with E-state index in [1.807, 2.05) is 0 Å². The molecule has 1 unspecified atom stereocenters. The van der Waals surface area contributed by atoms with E-state index in [-0.39, 0.29) is 0 Å². The molecular weight excluding hydrogens is 352 g/mol. The zero-order valence-electron chi connectivity index (χ0n) is 18.5. The molecule has 29 heavy (non-hydrogen) atoms. The van der Waals surface area contributed by atoms with E-state index in [2.05, 4.69) is 68.5 Å². The first-order chi connectivity index (χ1) is 14.3. The Morgan fingerprint density at radius 1 is 0.759 bits per heavy atom. The summed E-state index contributed by atoms with van der Waals surface area (Å²) in [6.07, 6.45) is 15.4. The summed E-state index contributed by atoms with van der Waals surface area (Å²) in [7, 11) is 0. The van der Waals surface area contributed by atoms with Crippen LogP contribution in [0, 0.1) is 5.92 Å². The number of hydrogen-bond acceptors (Lipinski definition) is 1. The molecule has 1 aliphatic rings. The number of hydrogen-bond donors (Lipinski definition) is 0. The largest absolute Gasteiger partial charge is 0.494 e. The summed E-state index contributed by atoms with van der Waals surface area (Å²) in [6, 6.07) is 17.7. The Balaban J connectivity index is 1.51. The van der Waals surface area contributed by atoms with Gasteiger partial charge in [0.1, 0.15) is 5.75 Å². The quantitative estimate of drug-likeness (QED) is 0.349. The fourth-order valence-electron chi connectivity index (χ4n) is 4.34. The third-order valence-electron chi connectivity index (χ3n) is 6.18.